The molecule has 1 rings (SSSR count). The van der Waals surface area contributed by atoms with Gasteiger partial charge >= 0.3 is 0 Å². The fourth-order valence-electron chi connectivity index (χ4n) is 2.02. The fraction of sp³-hybridized carbons (Fsp3) is 0.800. The van der Waals surface area contributed by atoms with E-state index in [1.54, 1.807) is 0 Å². The largest absolute Gasteiger partial charge is 0.417 e. The fourth-order valence-corrected chi connectivity index (χ4v) is 3.08. The molecule has 0 radical (unpaired) electrons. The highest BCUT2D eigenvalue weighted by Gasteiger charge is 2.37. The maximum absolute atomic E-state index is 12.1. The molecule has 132 valence electrons. The molecule has 1 fully saturated rings. The zero-order valence-electron chi connectivity index (χ0n) is 14.7. The van der Waals surface area contributed by atoms with Crippen LogP contribution in [0.15, 0.2) is 0 Å². The third-order valence-corrected chi connectivity index (χ3v) is 9.19. The van der Waals surface area contributed by atoms with Gasteiger partial charge in [-0.1, -0.05) is 20.8 Å². The highest BCUT2D eigenvalue weighted by atomic mass is 28.4. The predicted molar refractivity (Wildman–Crippen MR) is 90.1 cm³/mol. The summed E-state index contributed by atoms with van der Waals surface area (Å²) in [6.45, 7) is 11.0. The van der Waals surface area contributed by atoms with Gasteiger partial charge in [0.2, 0.25) is 17.7 Å². The molecule has 0 aromatic heterocycles. The molecule has 0 bridgehead atoms. The maximum atomic E-state index is 12.1. The number of hydrogen-bond acceptors (Lipinski definition) is 4. The second kappa shape index (κ2) is 7.44. The minimum atomic E-state index is -1.90. The van der Waals surface area contributed by atoms with Gasteiger partial charge in [-0.2, -0.15) is 0 Å². The molecule has 0 spiro atoms. The maximum Gasteiger partial charge on any atom is 0.243 e. The van der Waals surface area contributed by atoms with E-state index in [-0.39, 0.29) is 16.9 Å². The van der Waals surface area contributed by atoms with Crippen molar-refractivity contribution in [1.29, 1.82) is 0 Å². The minimum absolute atomic E-state index is 0.0760. The summed E-state index contributed by atoms with van der Waals surface area (Å²) in [7, 11) is -1.90. The summed E-state index contributed by atoms with van der Waals surface area (Å²) in [4.78, 5) is 34.8. The molecular weight excluding hydrogens is 314 g/mol. The summed E-state index contributed by atoms with van der Waals surface area (Å²) < 4.78 is 6.01. The highest BCUT2D eigenvalue weighted by Crippen LogP contribution is 2.36. The zero-order valence-corrected chi connectivity index (χ0v) is 15.7. The van der Waals surface area contributed by atoms with Crippen LogP contribution in [0.3, 0.4) is 0 Å². The van der Waals surface area contributed by atoms with Crippen molar-refractivity contribution in [2.24, 2.45) is 5.73 Å². The number of rotatable bonds is 7. The van der Waals surface area contributed by atoms with Crippen LogP contribution in [0.4, 0.5) is 0 Å². The van der Waals surface area contributed by atoms with E-state index in [0.717, 1.165) is 0 Å². The summed E-state index contributed by atoms with van der Waals surface area (Å²) in [6, 6.07) is -1.37. The number of nitrogens with one attached hydrogen (secondary N) is 2. The third kappa shape index (κ3) is 5.62. The van der Waals surface area contributed by atoms with Gasteiger partial charge in [0, 0.05) is 13.0 Å². The Morgan fingerprint density at radius 2 is 2.04 bits per heavy atom. The molecule has 4 N–H and O–H groups in total. The SMILES string of the molecule is CC(C)(C)[Si](C)(C)OCC[C@@H](NC(=O)[C@H]1CCC(=O)N1)C(N)=O. The van der Waals surface area contributed by atoms with Gasteiger partial charge in [0.1, 0.15) is 12.1 Å². The van der Waals surface area contributed by atoms with Crippen LogP contribution in [0.1, 0.15) is 40.0 Å². The van der Waals surface area contributed by atoms with Gasteiger partial charge in [-0.15, -0.1) is 0 Å². The number of nitrogens with two attached hydrogens (primary N) is 1. The molecule has 0 unspecified atom stereocenters. The van der Waals surface area contributed by atoms with Crippen molar-refractivity contribution in [1.82, 2.24) is 10.6 Å². The minimum Gasteiger partial charge on any atom is -0.417 e. The first-order valence-corrected chi connectivity index (χ1v) is 10.9. The lowest BCUT2D eigenvalue weighted by Gasteiger charge is -2.36. The molecule has 0 saturated carbocycles. The standard InChI is InChI=1S/C15H29N3O4Si/c1-15(2,3)23(4,5)22-9-8-10(13(16)20)18-14(21)11-6-7-12(19)17-11/h10-11H,6-9H2,1-5H3,(H2,16,20)(H,17,19)(H,18,21)/t10-,11-/m1/s1. The van der Waals surface area contributed by atoms with Crippen molar-refractivity contribution < 1.29 is 18.8 Å². The van der Waals surface area contributed by atoms with Crippen LogP contribution in [-0.2, 0) is 18.8 Å². The van der Waals surface area contributed by atoms with Gasteiger partial charge in [0.15, 0.2) is 8.32 Å². The van der Waals surface area contributed by atoms with Crippen molar-refractivity contribution in [3.05, 3.63) is 0 Å². The lowest BCUT2D eigenvalue weighted by atomic mass is 10.1. The lowest BCUT2D eigenvalue weighted by Crippen LogP contribution is -2.51. The molecule has 3 amide bonds. The van der Waals surface area contributed by atoms with Crippen molar-refractivity contribution in [3.63, 3.8) is 0 Å². The molecule has 8 heteroatoms. The summed E-state index contributed by atoms with van der Waals surface area (Å²) in [5.41, 5.74) is 5.36. The van der Waals surface area contributed by atoms with Gasteiger partial charge in [-0.3, -0.25) is 14.4 Å². The first kappa shape index (κ1) is 19.6. The second-order valence-electron chi connectivity index (χ2n) is 7.52. The molecule has 1 aliphatic rings. The summed E-state index contributed by atoms with van der Waals surface area (Å²) in [5, 5.41) is 5.26. The number of hydrogen-bond donors (Lipinski definition) is 3. The van der Waals surface area contributed by atoms with Crippen LogP contribution in [0.2, 0.25) is 18.1 Å². The van der Waals surface area contributed by atoms with E-state index in [9.17, 15) is 14.4 Å². The quantitative estimate of drug-likeness (QED) is 0.589. The molecule has 0 aliphatic carbocycles. The van der Waals surface area contributed by atoms with Gasteiger partial charge in [0.25, 0.3) is 0 Å². The number of carbonyl (C=O) groups is 3. The van der Waals surface area contributed by atoms with Crippen molar-refractivity contribution in [2.75, 3.05) is 6.61 Å². The van der Waals surface area contributed by atoms with E-state index in [0.29, 0.717) is 25.9 Å². The normalized spacial score (nSPS) is 20.0. The van der Waals surface area contributed by atoms with E-state index in [1.165, 1.54) is 0 Å². The molecular formula is C15H29N3O4Si. The molecule has 1 aliphatic heterocycles. The Labute approximate surface area is 138 Å². The van der Waals surface area contributed by atoms with Crippen molar-refractivity contribution in [2.45, 2.75) is 70.2 Å². The van der Waals surface area contributed by atoms with E-state index in [1.807, 2.05) is 0 Å². The van der Waals surface area contributed by atoms with E-state index in [4.69, 9.17) is 10.2 Å². The van der Waals surface area contributed by atoms with E-state index in [2.05, 4.69) is 44.5 Å². The Hall–Kier alpha value is -1.41. The lowest BCUT2D eigenvalue weighted by molar-refractivity contribution is -0.129. The smallest absolute Gasteiger partial charge is 0.243 e. The van der Waals surface area contributed by atoms with Crippen LogP contribution in [0.5, 0.6) is 0 Å². The van der Waals surface area contributed by atoms with E-state index < -0.39 is 26.3 Å². The monoisotopic (exact) mass is 343 g/mol. The second-order valence-corrected chi connectivity index (χ2v) is 12.3. The van der Waals surface area contributed by atoms with Crippen LogP contribution in [0, 0.1) is 0 Å². The highest BCUT2D eigenvalue weighted by molar-refractivity contribution is 6.74. The Balaban J connectivity index is 2.51. The van der Waals surface area contributed by atoms with Crippen LogP contribution in [-0.4, -0.2) is 44.7 Å². The number of primary amides is 1. The van der Waals surface area contributed by atoms with Crippen LogP contribution < -0.4 is 16.4 Å². The molecule has 1 saturated heterocycles. The zero-order chi connectivity index (χ0) is 17.8. The van der Waals surface area contributed by atoms with Gasteiger partial charge in [-0.25, -0.2) is 0 Å². The van der Waals surface area contributed by atoms with Crippen LogP contribution >= 0.6 is 0 Å². The molecule has 2 atom stereocenters. The number of amides is 3. The Kier molecular flexibility index (Phi) is 6.35. The Morgan fingerprint density at radius 3 is 2.48 bits per heavy atom. The van der Waals surface area contributed by atoms with Gasteiger partial charge < -0.3 is 20.8 Å². The molecule has 0 aromatic carbocycles. The predicted octanol–water partition coefficient (Wildman–Crippen LogP) is 0.647. The molecule has 1 heterocycles. The van der Waals surface area contributed by atoms with Crippen molar-refractivity contribution in [3.8, 4) is 0 Å². The van der Waals surface area contributed by atoms with Gasteiger partial charge in [0.05, 0.1) is 0 Å². The van der Waals surface area contributed by atoms with Gasteiger partial charge in [-0.05, 0) is 31.0 Å². The first-order valence-electron chi connectivity index (χ1n) is 7.97. The molecule has 0 aromatic rings. The molecule has 7 nitrogen and oxygen atoms in total. The third-order valence-electron chi connectivity index (χ3n) is 4.65. The number of carbonyl (C=O) groups excluding carboxylic acids is 3. The summed E-state index contributed by atoms with van der Waals surface area (Å²) in [6.07, 6.45) is 1.10. The topological polar surface area (TPSA) is 111 Å². The first-order chi connectivity index (χ1) is 10.4. The van der Waals surface area contributed by atoms with Crippen molar-refractivity contribution >= 4 is 26.0 Å². The van der Waals surface area contributed by atoms with Crippen LogP contribution in [0.25, 0.3) is 0 Å². The Bertz CT molecular complexity index is 474. The Morgan fingerprint density at radius 1 is 1.43 bits per heavy atom. The summed E-state index contributed by atoms with van der Waals surface area (Å²) in [5.74, 6) is -1.12. The average Bonchev–Trinajstić information content (AvgIpc) is 2.82. The van der Waals surface area contributed by atoms with E-state index >= 15 is 0 Å². The molecule has 23 heavy (non-hydrogen) atoms. The average molecular weight is 344 g/mol. The summed E-state index contributed by atoms with van der Waals surface area (Å²) >= 11 is 0.